The summed E-state index contributed by atoms with van der Waals surface area (Å²) in [5.41, 5.74) is 3.59. The number of benzene rings is 3. The summed E-state index contributed by atoms with van der Waals surface area (Å²) in [5, 5.41) is 7.04. The van der Waals surface area contributed by atoms with Crippen LogP contribution < -0.4 is 15.5 Å². The Hall–Kier alpha value is -3.68. The molecule has 7 nitrogen and oxygen atoms in total. The Labute approximate surface area is 194 Å². The van der Waals surface area contributed by atoms with Crippen LogP contribution in [0.1, 0.15) is 26.3 Å². The molecule has 0 aliphatic carbocycles. The fourth-order valence-electron chi connectivity index (χ4n) is 2.52. The summed E-state index contributed by atoms with van der Waals surface area (Å²) in [7, 11) is 0. The van der Waals surface area contributed by atoms with Crippen molar-refractivity contribution in [3.63, 3.8) is 0 Å². The van der Waals surface area contributed by atoms with Crippen molar-refractivity contribution in [3.8, 4) is 5.75 Å². The zero-order valence-corrected chi connectivity index (χ0v) is 18.1. The number of rotatable bonds is 7. The van der Waals surface area contributed by atoms with Crippen LogP contribution in [0.4, 0.5) is 0 Å². The third-order valence-electron chi connectivity index (χ3n) is 4.08. The van der Waals surface area contributed by atoms with Crippen molar-refractivity contribution in [2.24, 2.45) is 5.10 Å². The van der Waals surface area contributed by atoms with Crippen molar-refractivity contribution in [1.82, 2.24) is 10.7 Å². The van der Waals surface area contributed by atoms with Crippen LogP contribution in [0.15, 0.2) is 77.9 Å². The molecule has 3 rings (SSSR count). The second-order valence-electron chi connectivity index (χ2n) is 6.42. The molecule has 0 saturated heterocycles. The van der Waals surface area contributed by atoms with E-state index in [2.05, 4.69) is 15.8 Å². The second kappa shape index (κ2) is 11.1. The lowest BCUT2D eigenvalue weighted by Gasteiger charge is -2.06. The van der Waals surface area contributed by atoms with E-state index in [1.165, 1.54) is 12.3 Å². The van der Waals surface area contributed by atoms with Gasteiger partial charge in [-0.05, 0) is 60.2 Å². The lowest BCUT2D eigenvalue weighted by Crippen LogP contribution is -2.35. The van der Waals surface area contributed by atoms with Gasteiger partial charge in [0.05, 0.1) is 28.9 Å². The van der Waals surface area contributed by atoms with E-state index in [1.54, 1.807) is 66.7 Å². The van der Waals surface area contributed by atoms with Gasteiger partial charge in [-0.1, -0.05) is 41.4 Å². The standard InChI is InChI=1S/C23H17Cl2N3O4/c24-17-5-3-4-16(12-17)23(31)32-18-10-8-15(9-11-18)13-27-28-21(29)14-26-22(30)19-6-1-2-7-20(19)25/h1-13H,14H2,(H,26,30)(H,28,29)/b27-13-. The first-order valence-electron chi connectivity index (χ1n) is 9.35. The predicted octanol–water partition coefficient (Wildman–Crippen LogP) is 4.09. The molecule has 0 bridgehead atoms. The molecule has 9 heteroatoms. The summed E-state index contributed by atoms with van der Waals surface area (Å²) < 4.78 is 5.29. The Morgan fingerprint density at radius 3 is 2.41 bits per heavy atom. The SMILES string of the molecule is O=C(CNC(=O)c1ccccc1Cl)N/N=C\c1ccc(OC(=O)c2cccc(Cl)c2)cc1. The second-order valence-corrected chi connectivity index (χ2v) is 7.27. The summed E-state index contributed by atoms with van der Waals surface area (Å²) in [4.78, 5) is 36.0. The largest absolute Gasteiger partial charge is 0.423 e. The molecule has 0 aliphatic heterocycles. The Morgan fingerprint density at radius 1 is 0.938 bits per heavy atom. The van der Waals surface area contributed by atoms with Crippen LogP contribution in [0.3, 0.4) is 0 Å². The number of nitrogens with zero attached hydrogens (tertiary/aromatic N) is 1. The van der Waals surface area contributed by atoms with Crippen molar-refractivity contribution in [2.45, 2.75) is 0 Å². The van der Waals surface area contributed by atoms with Gasteiger partial charge in [-0.15, -0.1) is 0 Å². The summed E-state index contributed by atoms with van der Waals surface area (Å²) in [6.07, 6.45) is 1.41. The molecule has 0 aliphatic rings. The van der Waals surface area contributed by atoms with Gasteiger partial charge in [0.2, 0.25) is 0 Å². The van der Waals surface area contributed by atoms with Gasteiger partial charge in [-0.2, -0.15) is 5.10 Å². The summed E-state index contributed by atoms with van der Waals surface area (Å²) in [6, 6.07) is 19.5. The molecule has 3 aromatic carbocycles. The van der Waals surface area contributed by atoms with Crippen molar-refractivity contribution in [2.75, 3.05) is 6.54 Å². The first kappa shape index (κ1) is 23.0. The highest BCUT2D eigenvalue weighted by atomic mass is 35.5. The maximum Gasteiger partial charge on any atom is 0.343 e. The molecular formula is C23H17Cl2N3O4. The highest BCUT2D eigenvalue weighted by Gasteiger charge is 2.11. The zero-order chi connectivity index (χ0) is 22.9. The van der Waals surface area contributed by atoms with Gasteiger partial charge >= 0.3 is 5.97 Å². The van der Waals surface area contributed by atoms with Crippen LogP contribution in [0.2, 0.25) is 10.0 Å². The molecule has 0 saturated carbocycles. The van der Waals surface area contributed by atoms with E-state index in [0.29, 0.717) is 26.9 Å². The summed E-state index contributed by atoms with van der Waals surface area (Å²) in [5.74, 6) is -1.15. The average Bonchev–Trinajstić information content (AvgIpc) is 2.79. The highest BCUT2D eigenvalue weighted by molar-refractivity contribution is 6.33. The van der Waals surface area contributed by atoms with E-state index >= 15 is 0 Å². The first-order valence-corrected chi connectivity index (χ1v) is 10.1. The van der Waals surface area contributed by atoms with Gasteiger partial charge < -0.3 is 10.1 Å². The van der Waals surface area contributed by atoms with E-state index < -0.39 is 17.8 Å². The van der Waals surface area contributed by atoms with Crippen LogP contribution >= 0.6 is 23.2 Å². The Bertz CT molecular complexity index is 1160. The van der Waals surface area contributed by atoms with Crippen molar-refractivity contribution < 1.29 is 19.1 Å². The molecular weight excluding hydrogens is 453 g/mol. The number of amides is 2. The molecule has 2 amide bonds. The molecule has 2 N–H and O–H groups in total. The highest BCUT2D eigenvalue weighted by Crippen LogP contribution is 2.16. The number of halogens is 2. The van der Waals surface area contributed by atoms with Crippen LogP contribution in [-0.4, -0.2) is 30.5 Å². The first-order chi connectivity index (χ1) is 15.4. The van der Waals surface area contributed by atoms with Crippen LogP contribution in [-0.2, 0) is 4.79 Å². The number of ether oxygens (including phenoxy) is 1. The number of hydrogen-bond acceptors (Lipinski definition) is 5. The Kier molecular flexibility index (Phi) is 7.96. The zero-order valence-electron chi connectivity index (χ0n) is 16.5. The van der Waals surface area contributed by atoms with Crippen molar-refractivity contribution in [3.05, 3.63) is 99.5 Å². The summed E-state index contributed by atoms with van der Waals surface area (Å²) >= 11 is 11.8. The minimum Gasteiger partial charge on any atom is -0.423 e. The van der Waals surface area contributed by atoms with Crippen LogP contribution in [0.5, 0.6) is 5.75 Å². The molecule has 162 valence electrons. The van der Waals surface area contributed by atoms with Gasteiger partial charge in [-0.3, -0.25) is 9.59 Å². The Morgan fingerprint density at radius 2 is 1.69 bits per heavy atom. The molecule has 0 unspecified atom stereocenters. The molecule has 0 heterocycles. The Balaban J connectivity index is 1.46. The molecule has 0 aromatic heterocycles. The molecule has 0 spiro atoms. The van der Waals surface area contributed by atoms with Gasteiger partial charge in [0, 0.05) is 5.02 Å². The topological polar surface area (TPSA) is 96.9 Å². The fourth-order valence-corrected chi connectivity index (χ4v) is 2.93. The van der Waals surface area contributed by atoms with Gasteiger partial charge in [0.25, 0.3) is 11.8 Å². The minimum atomic E-state index is -0.528. The van der Waals surface area contributed by atoms with Crippen LogP contribution in [0, 0.1) is 0 Å². The fraction of sp³-hybridized carbons (Fsp3) is 0.0435. The number of esters is 1. The number of hydrogen-bond donors (Lipinski definition) is 2. The molecule has 0 fully saturated rings. The number of carbonyl (C=O) groups excluding carboxylic acids is 3. The quantitative estimate of drug-likeness (QED) is 0.235. The maximum atomic E-state index is 12.1. The molecule has 0 radical (unpaired) electrons. The average molecular weight is 470 g/mol. The number of nitrogens with one attached hydrogen (secondary N) is 2. The van der Waals surface area contributed by atoms with E-state index in [1.807, 2.05) is 0 Å². The normalized spacial score (nSPS) is 10.6. The van der Waals surface area contributed by atoms with Gasteiger partial charge in [0.15, 0.2) is 0 Å². The number of hydrazone groups is 1. The van der Waals surface area contributed by atoms with E-state index in [-0.39, 0.29) is 12.1 Å². The van der Waals surface area contributed by atoms with Crippen molar-refractivity contribution in [1.29, 1.82) is 0 Å². The van der Waals surface area contributed by atoms with E-state index in [0.717, 1.165) is 0 Å². The smallest absolute Gasteiger partial charge is 0.343 e. The minimum absolute atomic E-state index is 0.264. The van der Waals surface area contributed by atoms with E-state index in [9.17, 15) is 14.4 Å². The van der Waals surface area contributed by atoms with Crippen LogP contribution in [0.25, 0.3) is 0 Å². The van der Waals surface area contributed by atoms with Gasteiger partial charge in [-0.25, -0.2) is 10.2 Å². The molecule has 3 aromatic rings. The lowest BCUT2D eigenvalue weighted by molar-refractivity contribution is -0.120. The maximum absolute atomic E-state index is 12.1. The molecule has 32 heavy (non-hydrogen) atoms. The monoisotopic (exact) mass is 469 g/mol. The number of carbonyl (C=O) groups is 3. The van der Waals surface area contributed by atoms with Crippen molar-refractivity contribution >= 4 is 47.2 Å². The third-order valence-corrected chi connectivity index (χ3v) is 4.65. The predicted molar refractivity (Wildman–Crippen MR) is 122 cm³/mol. The third kappa shape index (κ3) is 6.66. The van der Waals surface area contributed by atoms with Gasteiger partial charge in [0.1, 0.15) is 5.75 Å². The summed E-state index contributed by atoms with van der Waals surface area (Å²) in [6.45, 7) is -0.264. The lowest BCUT2D eigenvalue weighted by atomic mass is 10.2. The van der Waals surface area contributed by atoms with E-state index in [4.69, 9.17) is 27.9 Å². The molecule has 0 atom stereocenters.